The molecule has 154 valence electrons. The third-order valence-corrected chi connectivity index (χ3v) is 4.43. The van der Waals surface area contributed by atoms with E-state index in [1.54, 1.807) is 61.4 Å². The van der Waals surface area contributed by atoms with Gasteiger partial charge in [-0.05, 0) is 31.2 Å². The lowest BCUT2D eigenvalue weighted by Gasteiger charge is -2.16. The zero-order valence-corrected chi connectivity index (χ0v) is 17.0. The van der Waals surface area contributed by atoms with Gasteiger partial charge in [0.1, 0.15) is 0 Å². The summed E-state index contributed by atoms with van der Waals surface area (Å²) in [6.07, 6.45) is 3.43. The summed E-state index contributed by atoms with van der Waals surface area (Å²) in [5.41, 5.74) is 1.31. The van der Waals surface area contributed by atoms with Crippen molar-refractivity contribution in [3.05, 3.63) is 54.1 Å². The van der Waals surface area contributed by atoms with E-state index >= 15 is 0 Å². The van der Waals surface area contributed by atoms with E-state index in [-0.39, 0.29) is 12.6 Å². The molecule has 0 saturated carbocycles. The molecule has 0 saturated heterocycles. The Balaban J connectivity index is 1.66. The predicted octanol–water partition coefficient (Wildman–Crippen LogP) is 2.43. The third kappa shape index (κ3) is 4.50. The Kier molecular flexibility index (Phi) is 6.38. The maximum absolute atomic E-state index is 12.7. The lowest BCUT2D eigenvalue weighted by atomic mass is 10.3. The van der Waals surface area contributed by atoms with E-state index in [1.807, 2.05) is 23.7 Å². The Morgan fingerprint density at radius 2 is 1.86 bits per heavy atom. The number of aryl methyl sites for hydroxylation is 1. The Morgan fingerprint density at radius 1 is 1.14 bits per heavy atom. The second-order valence-electron chi connectivity index (χ2n) is 6.31. The summed E-state index contributed by atoms with van der Waals surface area (Å²) in [5, 5.41) is 8.55. The van der Waals surface area contributed by atoms with Crippen molar-refractivity contribution in [2.75, 3.05) is 21.3 Å². The molecule has 3 rings (SSSR count). The maximum atomic E-state index is 12.7. The Morgan fingerprint density at radius 3 is 2.52 bits per heavy atom. The zero-order chi connectivity index (χ0) is 20.8. The quantitative estimate of drug-likeness (QED) is 0.550. The van der Waals surface area contributed by atoms with Crippen LogP contribution in [0.4, 0.5) is 0 Å². The molecule has 2 heterocycles. The number of carbonyl (C=O) groups excluding carboxylic acids is 1. The average Bonchev–Trinajstić information content (AvgIpc) is 3.40. The van der Waals surface area contributed by atoms with E-state index in [2.05, 4.69) is 10.2 Å². The van der Waals surface area contributed by atoms with Crippen molar-refractivity contribution < 1.29 is 19.0 Å². The van der Waals surface area contributed by atoms with Gasteiger partial charge in [-0.25, -0.2) is 4.68 Å². The molecule has 2 aromatic heterocycles. The summed E-state index contributed by atoms with van der Waals surface area (Å²) >= 11 is 0. The van der Waals surface area contributed by atoms with Crippen molar-refractivity contribution >= 4 is 5.91 Å². The number of methoxy groups -OCH3 is 2. The lowest BCUT2D eigenvalue weighted by molar-refractivity contribution is 0.0773. The summed E-state index contributed by atoms with van der Waals surface area (Å²) in [6, 6.07) is 8.95. The van der Waals surface area contributed by atoms with Gasteiger partial charge >= 0.3 is 0 Å². The highest BCUT2D eigenvalue weighted by Gasteiger charge is 2.17. The number of ether oxygens (including phenoxy) is 3. The molecule has 0 N–H and O–H groups in total. The van der Waals surface area contributed by atoms with Gasteiger partial charge in [0.25, 0.3) is 5.91 Å². The highest BCUT2D eigenvalue weighted by molar-refractivity contribution is 5.91. The Labute approximate surface area is 169 Å². The van der Waals surface area contributed by atoms with Gasteiger partial charge in [-0.1, -0.05) is 6.07 Å². The Hall–Kier alpha value is -3.49. The van der Waals surface area contributed by atoms with Crippen LogP contribution in [0.25, 0.3) is 0 Å². The molecule has 9 heteroatoms. The standard InChI is InChI=1S/C20H25N5O4/c1-5-25-15(9-11-21-25)13-23(2)20(26)16-10-12-24(22-16)14-29-19-17(27-3)7-6-8-18(19)28-4/h6-12H,5,13-14H2,1-4H3. The van der Waals surface area contributed by atoms with Crippen LogP contribution < -0.4 is 14.2 Å². The molecule has 9 nitrogen and oxygen atoms in total. The number of rotatable bonds is 9. The topological polar surface area (TPSA) is 83.6 Å². The molecule has 0 bridgehead atoms. The summed E-state index contributed by atoms with van der Waals surface area (Å²) in [6.45, 7) is 3.32. The molecule has 1 aromatic carbocycles. The fraction of sp³-hybridized carbons (Fsp3) is 0.350. The normalized spacial score (nSPS) is 10.6. The Bertz CT molecular complexity index is 943. The van der Waals surface area contributed by atoms with Crippen molar-refractivity contribution in [3.63, 3.8) is 0 Å². The van der Waals surface area contributed by atoms with E-state index < -0.39 is 0 Å². The minimum Gasteiger partial charge on any atom is -0.493 e. The van der Waals surface area contributed by atoms with E-state index in [1.165, 1.54) is 0 Å². The molecule has 0 unspecified atom stereocenters. The van der Waals surface area contributed by atoms with Crippen LogP contribution in [0.5, 0.6) is 17.2 Å². The highest BCUT2D eigenvalue weighted by Crippen LogP contribution is 2.36. The maximum Gasteiger partial charge on any atom is 0.274 e. The summed E-state index contributed by atoms with van der Waals surface area (Å²) in [5.74, 6) is 1.41. The summed E-state index contributed by atoms with van der Waals surface area (Å²) < 4.78 is 19.9. The van der Waals surface area contributed by atoms with Crippen LogP contribution in [-0.2, 0) is 19.8 Å². The van der Waals surface area contributed by atoms with Crippen LogP contribution in [0.1, 0.15) is 23.1 Å². The van der Waals surface area contributed by atoms with Gasteiger partial charge in [-0.15, -0.1) is 0 Å². The minimum atomic E-state index is -0.178. The van der Waals surface area contributed by atoms with Crippen LogP contribution >= 0.6 is 0 Å². The lowest BCUT2D eigenvalue weighted by Crippen LogP contribution is -2.28. The van der Waals surface area contributed by atoms with Gasteiger partial charge in [0.2, 0.25) is 5.75 Å². The van der Waals surface area contributed by atoms with E-state index in [4.69, 9.17) is 14.2 Å². The van der Waals surface area contributed by atoms with Crippen LogP contribution in [0.15, 0.2) is 42.7 Å². The molecule has 3 aromatic rings. The molecule has 1 amide bonds. The number of aromatic nitrogens is 4. The second kappa shape index (κ2) is 9.13. The molecular formula is C20H25N5O4. The van der Waals surface area contributed by atoms with Crippen LogP contribution in [0, 0.1) is 0 Å². The second-order valence-corrected chi connectivity index (χ2v) is 6.31. The molecule has 0 atom stereocenters. The van der Waals surface area contributed by atoms with Crippen LogP contribution in [0.2, 0.25) is 0 Å². The van der Waals surface area contributed by atoms with Gasteiger partial charge in [0.05, 0.1) is 26.5 Å². The van der Waals surface area contributed by atoms with Gasteiger partial charge in [0, 0.05) is 26.0 Å². The fourth-order valence-electron chi connectivity index (χ4n) is 2.93. The smallest absolute Gasteiger partial charge is 0.274 e. The van der Waals surface area contributed by atoms with Crippen LogP contribution in [-0.4, -0.2) is 51.6 Å². The monoisotopic (exact) mass is 399 g/mol. The molecule has 29 heavy (non-hydrogen) atoms. The highest BCUT2D eigenvalue weighted by atomic mass is 16.5. The number of nitrogens with zero attached hydrogens (tertiary/aromatic N) is 5. The zero-order valence-electron chi connectivity index (χ0n) is 17.0. The predicted molar refractivity (Wildman–Crippen MR) is 106 cm³/mol. The number of benzene rings is 1. The molecular weight excluding hydrogens is 374 g/mol. The van der Waals surface area contributed by atoms with Crippen LogP contribution in [0.3, 0.4) is 0 Å². The number of amides is 1. The fourth-order valence-corrected chi connectivity index (χ4v) is 2.93. The van der Waals surface area contributed by atoms with Gasteiger partial charge in [0.15, 0.2) is 23.9 Å². The molecule has 0 fully saturated rings. The first-order valence-corrected chi connectivity index (χ1v) is 9.20. The van der Waals surface area contributed by atoms with E-state index in [9.17, 15) is 4.79 Å². The van der Waals surface area contributed by atoms with Crippen molar-refractivity contribution in [1.82, 2.24) is 24.5 Å². The van der Waals surface area contributed by atoms with Gasteiger partial charge in [-0.3, -0.25) is 9.48 Å². The largest absolute Gasteiger partial charge is 0.493 e. The first-order chi connectivity index (χ1) is 14.1. The van der Waals surface area contributed by atoms with Crippen molar-refractivity contribution in [2.45, 2.75) is 26.7 Å². The first-order valence-electron chi connectivity index (χ1n) is 9.20. The van der Waals surface area contributed by atoms with Crippen molar-refractivity contribution in [1.29, 1.82) is 0 Å². The number of carbonyl (C=O) groups is 1. The van der Waals surface area contributed by atoms with Gasteiger partial charge in [-0.2, -0.15) is 10.2 Å². The molecule has 0 radical (unpaired) electrons. The summed E-state index contributed by atoms with van der Waals surface area (Å²) in [4.78, 5) is 14.3. The van der Waals surface area contributed by atoms with E-state index in [0.717, 1.165) is 12.2 Å². The molecule has 0 aliphatic heterocycles. The molecule has 0 aliphatic carbocycles. The van der Waals surface area contributed by atoms with Crippen molar-refractivity contribution in [3.8, 4) is 17.2 Å². The van der Waals surface area contributed by atoms with Crippen molar-refractivity contribution in [2.24, 2.45) is 0 Å². The molecule has 0 aliphatic rings. The third-order valence-electron chi connectivity index (χ3n) is 4.43. The van der Waals surface area contributed by atoms with Gasteiger partial charge < -0.3 is 19.1 Å². The van der Waals surface area contributed by atoms with E-state index in [0.29, 0.717) is 29.5 Å². The number of para-hydroxylation sites is 1. The summed E-state index contributed by atoms with van der Waals surface area (Å²) in [7, 11) is 4.86. The number of hydrogen-bond acceptors (Lipinski definition) is 6. The molecule has 0 spiro atoms. The minimum absolute atomic E-state index is 0.107. The first kappa shape index (κ1) is 20.2. The SMILES string of the molecule is CCn1nccc1CN(C)C(=O)c1ccn(COc2c(OC)cccc2OC)n1. The average molecular weight is 399 g/mol. The number of hydrogen-bond donors (Lipinski definition) is 0.